The lowest BCUT2D eigenvalue weighted by Crippen LogP contribution is -2.24. The molecule has 0 saturated carbocycles. The molecular formula is C24H23Cl2FN2O3S. The van der Waals surface area contributed by atoms with Crippen LogP contribution in [0, 0.1) is 19.7 Å². The number of nitrogens with one attached hydrogen (secondary N) is 1. The molecule has 1 atom stereocenters. The molecule has 0 aliphatic carbocycles. The Hall–Kier alpha value is -2.45. The lowest BCUT2D eigenvalue weighted by atomic mass is 9.94. The molecule has 0 aliphatic heterocycles. The molecule has 0 spiro atoms. The SMILES string of the molecule is Cc1cc(-c2cc(C(=O)NCc3ccc(Cl)c(Cl)c3)cc(C(N)S(C)(=O)=O)c2)c(C)cc1F. The fourth-order valence-corrected chi connectivity index (χ4v) is 4.33. The van der Waals surface area contributed by atoms with E-state index in [1.54, 1.807) is 50.2 Å². The van der Waals surface area contributed by atoms with Gasteiger partial charge in [0.25, 0.3) is 5.91 Å². The molecule has 0 saturated heterocycles. The van der Waals surface area contributed by atoms with Crippen LogP contribution >= 0.6 is 23.2 Å². The van der Waals surface area contributed by atoms with E-state index in [9.17, 15) is 17.6 Å². The molecule has 33 heavy (non-hydrogen) atoms. The highest BCUT2D eigenvalue weighted by atomic mass is 35.5. The Morgan fingerprint density at radius 1 is 1.03 bits per heavy atom. The zero-order valence-corrected chi connectivity index (χ0v) is 20.6. The predicted octanol–water partition coefficient (Wildman–Crippen LogP) is 5.35. The van der Waals surface area contributed by atoms with Crippen molar-refractivity contribution in [1.82, 2.24) is 5.32 Å². The Labute approximate surface area is 202 Å². The van der Waals surface area contributed by atoms with Crippen LogP contribution < -0.4 is 11.1 Å². The van der Waals surface area contributed by atoms with Crippen molar-refractivity contribution in [3.8, 4) is 11.1 Å². The van der Waals surface area contributed by atoms with E-state index in [-0.39, 0.29) is 23.5 Å². The van der Waals surface area contributed by atoms with Gasteiger partial charge in [0.1, 0.15) is 11.2 Å². The summed E-state index contributed by atoms with van der Waals surface area (Å²) in [5, 5.41) is 2.25. The minimum atomic E-state index is -3.63. The average molecular weight is 509 g/mol. The van der Waals surface area contributed by atoms with E-state index in [4.69, 9.17) is 28.9 Å². The number of sulfone groups is 1. The van der Waals surface area contributed by atoms with Gasteiger partial charge in [-0.15, -0.1) is 0 Å². The molecule has 1 unspecified atom stereocenters. The van der Waals surface area contributed by atoms with E-state index in [0.717, 1.165) is 11.8 Å². The first-order valence-corrected chi connectivity index (χ1v) is 12.7. The summed E-state index contributed by atoms with van der Waals surface area (Å²) in [4.78, 5) is 13.0. The van der Waals surface area contributed by atoms with Crippen LogP contribution in [0.1, 0.15) is 38.0 Å². The molecule has 0 aromatic heterocycles. The molecule has 0 bridgehead atoms. The Morgan fingerprint density at radius 2 is 1.73 bits per heavy atom. The lowest BCUT2D eigenvalue weighted by Gasteiger charge is -2.16. The van der Waals surface area contributed by atoms with Crippen LogP contribution in [0.15, 0.2) is 48.5 Å². The fraction of sp³-hybridized carbons (Fsp3) is 0.208. The third-order valence-corrected chi connectivity index (χ3v) is 7.19. The van der Waals surface area contributed by atoms with Gasteiger partial charge < -0.3 is 11.1 Å². The van der Waals surface area contributed by atoms with Crippen molar-refractivity contribution in [2.24, 2.45) is 5.73 Å². The van der Waals surface area contributed by atoms with Crippen LogP contribution in [0.25, 0.3) is 11.1 Å². The van der Waals surface area contributed by atoms with Crippen molar-refractivity contribution in [2.75, 3.05) is 6.26 Å². The number of hydrogen-bond donors (Lipinski definition) is 2. The zero-order valence-electron chi connectivity index (χ0n) is 18.2. The Morgan fingerprint density at radius 3 is 2.36 bits per heavy atom. The highest BCUT2D eigenvalue weighted by Gasteiger charge is 2.21. The minimum absolute atomic E-state index is 0.183. The van der Waals surface area contributed by atoms with E-state index >= 15 is 0 Å². The summed E-state index contributed by atoms with van der Waals surface area (Å²) in [5.74, 6) is -0.777. The molecule has 1 amide bonds. The highest BCUT2D eigenvalue weighted by molar-refractivity contribution is 7.90. The highest BCUT2D eigenvalue weighted by Crippen LogP contribution is 2.30. The number of aryl methyl sites for hydroxylation is 2. The van der Waals surface area contributed by atoms with Crippen LogP contribution in [0.4, 0.5) is 4.39 Å². The topological polar surface area (TPSA) is 89.3 Å². The lowest BCUT2D eigenvalue weighted by molar-refractivity contribution is 0.0951. The summed E-state index contributed by atoms with van der Waals surface area (Å²) in [5.41, 5.74) is 9.51. The van der Waals surface area contributed by atoms with Gasteiger partial charge in [0.15, 0.2) is 9.84 Å². The van der Waals surface area contributed by atoms with Crippen LogP contribution in [0.2, 0.25) is 10.0 Å². The second-order valence-electron chi connectivity index (χ2n) is 7.94. The number of hydrogen-bond acceptors (Lipinski definition) is 4. The molecule has 0 fully saturated rings. The minimum Gasteiger partial charge on any atom is -0.348 e. The van der Waals surface area contributed by atoms with Gasteiger partial charge in [-0.3, -0.25) is 4.79 Å². The zero-order chi connectivity index (χ0) is 24.5. The first-order chi connectivity index (χ1) is 15.4. The normalized spacial score (nSPS) is 12.5. The summed E-state index contributed by atoms with van der Waals surface area (Å²) in [7, 11) is -3.63. The number of benzene rings is 3. The van der Waals surface area contributed by atoms with E-state index in [1.807, 2.05) is 0 Å². The molecule has 0 heterocycles. The van der Waals surface area contributed by atoms with Crippen molar-refractivity contribution >= 4 is 38.9 Å². The van der Waals surface area contributed by atoms with Crippen LogP contribution in [-0.2, 0) is 16.4 Å². The molecule has 3 aromatic rings. The first-order valence-electron chi connectivity index (χ1n) is 9.95. The summed E-state index contributed by atoms with van der Waals surface area (Å²) in [6.45, 7) is 3.56. The van der Waals surface area contributed by atoms with Crippen LogP contribution in [-0.4, -0.2) is 20.6 Å². The molecule has 3 rings (SSSR count). The van der Waals surface area contributed by atoms with Crippen molar-refractivity contribution in [3.63, 3.8) is 0 Å². The standard InChI is InChI=1S/C24H23Cl2FN2O3S/c1-13-7-22(27)14(2)6-19(13)16-9-17(23(28)33(3,31)32)11-18(10-16)24(30)29-12-15-4-5-20(25)21(26)8-15/h4-11,23H,12,28H2,1-3H3,(H,29,30). The maximum atomic E-state index is 14.0. The Bertz CT molecular complexity index is 1340. The molecular weight excluding hydrogens is 486 g/mol. The number of carbonyl (C=O) groups excluding carboxylic acids is 1. The molecule has 3 aromatic carbocycles. The van der Waals surface area contributed by atoms with Gasteiger partial charge in [-0.2, -0.15) is 0 Å². The van der Waals surface area contributed by atoms with Gasteiger partial charge in [0.2, 0.25) is 0 Å². The Kier molecular flexibility index (Phi) is 7.49. The third kappa shape index (κ3) is 5.92. The van der Waals surface area contributed by atoms with Crippen LogP contribution in [0.3, 0.4) is 0 Å². The largest absolute Gasteiger partial charge is 0.348 e. The van der Waals surface area contributed by atoms with E-state index < -0.39 is 21.1 Å². The van der Waals surface area contributed by atoms with Gasteiger partial charge in [0.05, 0.1) is 10.0 Å². The third-order valence-electron chi connectivity index (χ3n) is 5.26. The molecule has 0 radical (unpaired) electrons. The van der Waals surface area contributed by atoms with E-state index in [0.29, 0.717) is 32.3 Å². The first kappa shape index (κ1) is 25.2. The summed E-state index contributed by atoms with van der Waals surface area (Å²) < 4.78 is 38.2. The van der Waals surface area contributed by atoms with Crippen molar-refractivity contribution in [2.45, 2.75) is 25.8 Å². The molecule has 5 nitrogen and oxygen atoms in total. The van der Waals surface area contributed by atoms with Crippen LogP contribution in [0.5, 0.6) is 0 Å². The number of rotatable bonds is 6. The maximum Gasteiger partial charge on any atom is 0.251 e. The smallest absolute Gasteiger partial charge is 0.251 e. The number of amides is 1. The van der Waals surface area contributed by atoms with Crippen molar-refractivity contribution in [1.29, 1.82) is 0 Å². The summed E-state index contributed by atoms with van der Waals surface area (Å²) >= 11 is 12.0. The molecule has 9 heteroatoms. The van der Waals surface area contributed by atoms with Gasteiger partial charge >= 0.3 is 0 Å². The molecule has 174 valence electrons. The summed E-state index contributed by atoms with van der Waals surface area (Å²) in [6, 6.07) is 12.8. The van der Waals surface area contributed by atoms with E-state index in [1.165, 1.54) is 12.1 Å². The molecule has 0 aliphatic rings. The monoisotopic (exact) mass is 508 g/mol. The second-order valence-corrected chi connectivity index (χ2v) is 10.9. The predicted molar refractivity (Wildman–Crippen MR) is 131 cm³/mol. The number of halogens is 3. The van der Waals surface area contributed by atoms with Gasteiger partial charge in [-0.05, 0) is 89.7 Å². The molecule has 3 N–H and O–H groups in total. The van der Waals surface area contributed by atoms with Gasteiger partial charge in [-0.1, -0.05) is 29.3 Å². The average Bonchev–Trinajstić information content (AvgIpc) is 2.75. The van der Waals surface area contributed by atoms with Gasteiger partial charge in [-0.25, -0.2) is 12.8 Å². The number of carbonyl (C=O) groups is 1. The van der Waals surface area contributed by atoms with Gasteiger partial charge in [0, 0.05) is 18.4 Å². The maximum absolute atomic E-state index is 14.0. The van der Waals surface area contributed by atoms with Crippen molar-refractivity contribution < 1.29 is 17.6 Å². The quantitative estimate of drug-likeness (QED) is 0.469. The van der Waals surface area contributed by atoms with E-state index in [2.05, 4.69) is 5.32 Å². The summed E-state index contributed by atoms with van der Waals surface area (Å²) in [6.07, 6.45) is 1.03. The second kappa shape index (κ2) is 9.81. The Balaban J connectivity index is 2.03. The van der Waals surface area contributed by atoms with Crippen molar-refractivity contribution in [3.05, 3.63) is 92.2 Å². The number of nitrogens with two attached hydrogens (primary N) is 1. The fourth-order valence-electron chi connectivity index (χ4n) is 3.38.